The van der Waals surface area contributed by atoms with Crippen molar-refractivity contribution in [2.75, 3.05) is 6.54 Å². The summed E-state index contributed by atoms with van der Waals surface area (Å²) in [6.45, 7) is 1.34. The standard InChI is InChI=1S/C24H23NO2S/c26-22(23-13-7-15-28-23)12-6-14-24(27)25-16-19-10-4-5-11-20(19)21(17-25)18-8-2-1-3-9-18/h1-5,7-11,13,15,21H,6,12,14,16-17H2/t21-/m1/s1. The van der Waals surface area contributed by atoms with Gasteiger partial charge in [0.05, 0.1) is 4.88 Å². The minimum Gasteiger partial charge on any atom is -0.337 e. The third-order valence-corrected chi connectivity index (χ3v) is 6.25. The quantitative estimate of drug-likeness (QED) is 0.538. The third-order valence-electron chi connectivity index (χ3n) is 5.34. The molecule has 0 N–H and O–H groups in total. The fourth-order valence-corrected chi connectivity index (χ4v) is 4.58. The van der Waals surface area contributed by atoms with Gasteiger partial charge in [0.2, 0.25) is 5.91 Å². The average Bonchev–Trinajstić information content (AvgIpc) is 3.28. The van der Waals surface area contributed by atoms with Gasteiger partial charge in [0, 0.05) is 31.8 Å². The Morgan fingerprint density at radius 2 is 1.71 bits per heavy atom. The lowest BCUT2D eigenvalue weighted by Crippen LogP contribution is -2.38. The molecule has 1 aliphatic heterocycles. The topological polar surface area (TPSA) is 37.4 Å². The van der Waals surface area contributed by atoms with Crippen LogP contribution in [0, 0.1) is 0 Å². The van der Waals surface area contributed by atoms with Crippen LogP contribution in [0.4, 0.5) is 0 Å². The number of rotatable bonds is 6. The first kappa shape index (κ1) is 18.6. The van der Waals surface area contributed by atoms with E-state index < -0.39 is 0 Å². The molecule has 0 saturated carbocycles. The van der Waals surface area contributed by atoms with Crippen molar-refractivity contribution in [3.05, 3.63) is 93.7 Å². The fourth-order valence-electron chi connectivity index (χ4n) is 3.89. The van der Waals surface area contributed by atoms with E-state index in [9.17, 15) is 9.59 Å². The normalized spacial score (nSPS) is 15.9. The van der Waals surface area contributed by atoms with Gasteiger partial charge in [-0.2, -0.15) is 0 Å². The smallest absolute Gasteiger partial charge is 0.222 e. The Morgan fingerprint density at radius 1 is 0.929 bits per heavy atom. The number of hydrogen-bond donors (Lipinski definition) is 0. The van der Waals surface area contributed by atoms with Crippen LogP contribution in [0.25, 0.3) is 0 Å². The summed E-state index contributed by atoms with van der Waals surface area (Å²) in [4.78, 5) is 27.8. The van der Waals surface area contributed by atoms with E-state index in [4.69, 9.17) is 0 Å². The van der Waals surface area contributed by atoms with Crippen LogP contribution in [0.3, 0.4) is 0 Å². The molecular weight excluding hydrogens is 366 g/mol. The fraction of sp³-hybridized carbons (Fsp3) is 0.250. The molecule has 0 fully saturated rings. The summed E-state index contributed by atoms with van der Waals surface area (Å²) in [6, 6.07) is 22.5. The highest BCUT2D eigenvalue weighted by atomic mass is 32.1. The Balaban J connectivity index is 1.43. The van der Waals surface area contributed by atoms with Gasteiger partial charge in [0.25, 0.3) is 0 Å². The highest BCUT2D eigenvalue weighted by Gasteiger charge is 2.28. The van der Waals surface area contributed by atoms with Gasteiger partial charge in [-0.1, -0.05) is 60.7 Å². The van der Waals surface area contributed by atoms with Gasteiger partial charge in [-0.05, 0) is 34.6 Å². The van der Waals surface area contributed by atoms with E-state index in [-0.39, 0.29) is 17.6 Å². The predicted molar refractivity (Wildman–Crippen MR) is 113 cm³/mol. The Bertz CT molecular complexity index is 950. The van der Waals surface area contributed by atoms with E-state index in [1.165, 1.54) is 28.0 Å². The van der Waals surface area contributed by atoms with Crippen LogP contribution in [0.1, 0.15) is 51.5 Å². The SMILES string of the molecule is O=C(CCCC(=O)N1Cc2ccccc2[C@@H](c2ccccc2)C1)c1cccs1. The molecule has 142 valence electrons. The van der Waals surface area contributed by atoms with Gasteiger partial charge >= 0.3 is 0 Å². The Kier molecular flexibility index (Phi) is 5.68. The number of hydrogen-bond acceptors (Lipinski definition) is 3. The van der Waals surface area contributed by atoms with Gasteiger partial charge in [0.15, 0.2) is 5.78 Å². The van der Waals surface area contributed by atoms with Crippen molar-refractivity contribution in [2.45, 2.75) is 31.7 Å². The molecule has 4 rings (SSSR count). The zero-order chi connectivity index (χ0) is 19.3. The summed E-state index contributed by atoms with van der Waals surface area (Å²) in [5.41, 5.74) is 3.76. The molecule has 0 bridgehead atoms. The molecule has 0 spiro atoms. The number of carbonyl (C=O) groups is 2. The van der Waals surface area contributed by atoms with Crippen LogP contribution < -0.4 is 0 Å². The maximum atomic E-state index is 12.9. The number of thiophene rings is 1. The summed E-state index contributed by atoms with van der Waals surface area (Å²) >= 11 is 1.46. The second kappa shape index (κ2) is 8.53. The lowest BCUT2D eigenvalue weighted by atomic mass is 9.84. The molecule has 0 saturated heterocycles. The number of carbonyl (C=O) groups excluding carboxylic acids is 2. The molecule has 3 nitrogen and oxygen atoms in total. The van der Waals surface area contributed by atoms with Crippen molar-refractivity contribution in [1.29, 1.82) is 0 Å². The number of amides is 1. The minimum atomic E-state index is 0.133. The Morgan fingerprint density at radius 3 is 2.50 bits per heavy atom. The predicted octanol–water partition coefficient (Wildman–Crippen LogP) is 5.28. The zero-order valence-electron chi connectivity index (χ0n) is 15.7. The van der Waals surface area contributed by atoms with Crippen molar-refractivity contribution >= 4 is 23.0 Å². The van der Waals surface area contributed by atoms with Gasteiger partial charge in [-0.15, -0.1) is 11.3 Å². The molecule has 0 radical (unpaired) electrons. The third kappa shape index (κ3) is 4.07. The van der Waals surface area contributed by atoms with Crippen molar-refractivity contribution < 1.29 is 9.59 Å². The molecule has 2 heterocycles. The summed E-state index contributed by atoms with van der Waals surface area (Å²) in [5, 5.41) is 1.91. The molecule has 1 aliphatic rings. The highest BCUT2D eigenvalue weighted by molar-refractivity contribution is 7.12. The minimum absolute atomic E-state index is 0.133. The molecule has 1 atom stereocenters. The first-order valence-electron chi connectivity index (χ1n) is 9.69. The first-order valence-corrected chi connectivity index (χ1v) is 10.6. The lowest BCUT2D eigenvalue weighted by molar-refractivity contribution is -0.132. The molecule has 1 aromatic heterocycles. The van der Waals surface area contributed by atoms with Gasteiger partial charge in [0.1, 0.15) is 0 Å². The second-order valence-electron chi connectivity index (χ2n) is 7.19. The molecule has 28 heavy (non-hydrogen) atoms. The highest BCUT2D eigenvalue weighted by Crippen LogP contribution is 2.33. The average molecular weight is 390 g/mol. The first-order chi connectivity index (χ1) is 13.7. The number of ketones is 1. The maximum Gasteiger partial charge on any atom is 0.222 e. The zero-order valence-corrected chi connectivity index (χ0v) is 16.5. The van der Waals surface area contributed by atoms with E-state index in [2.05, 4.69) is 42.5 Å². The molecule has 3 aromatic rings. The maximum absolute atomic E-state index is 12.9. The summed E-state index contributed by atoms with van der Waals surface area (Å²) in [7, 11) is 0. The molecule has 0 aliphatic carbocycles. The second-order valence-corrected chi connectivity index (χ2v) is 8.14. The van der Waals surface area contributed by atoms with Gasteiger partial charge in [-0.25, -0.2) is 0 Å². The molecular formula is C24H23NO2S. The van der Waals surface area contributed by atoms with E-state index in [1.807, 2.05) is 34.5 Å². The molecule has 2 aromatic carbocycles. The van der Waals surface area contributed by atoms with Crippen LogP contribution in [-0.2, 0) is 11.3 Å². The van der Waals surface area contributed by atoms with E-state index >= 15 is 0 Å². The molecule has 0 unspecified atom stereocenters. The summed E-state index contributed by atoms with van der Waals surface area (Å²) in [5.74, 6) is 0.464. The van der Waals surface area contributed by atoms with Crippen molar-refractivity contribution in [3.8, 4) is 0 Å². The van der Waals surface area contributed by atoms with Crippen LogP contribution in [0.15, 0.2) is 72.1 Å². The van der Waals surface area contributed by atoms with Crippen LogP contribution in [-0.4, -0.2) is 23.1 Å². The number of benzene rings is 2. The van der Waals surface area contributed by atoms with Gasteiger partial charge in [-0.3, -0.25) is 9.59 Å². The van der Waals surface area contributed by atoms with E-state index in [0.717, 1.165) is 4.88 Å². The van der Waals surface area contributed by atoms with E-state index in [1.54, 1.807) is 0 Å². The monoisotopic (exact) mass is 389 g/mol. The lowest BCUT2D eigenvalue weighted by Gasteiger charge is -2.35. The van der Waals surface area contributed by atoms with E-state index in [0.29, 0.717) is 32.4 Å². The Hall–Kier alpha value is -2.72. The largest absolute Gasteiger partial charge is 0.337 e. The van der Waals surface area contributed by atoms with Crippen LogP contribution in [0.5, 0.6) is 0 Å². The van der Waals surface area contributed by atoms with Gasteiger partial charge < -0.3 is 4.90 Å². The Labute approximate surface area is 169 Å². The van der Waals surface area contributed by atoms with Crippen LogP contribution in [0.2, 0.25) is 0 Å². The molecule has 1 amide bonds. The van der Waals surface area contributed by atoms with Crippen molar-refractivity contribution in [1.82, 2.24) is 4.90 Å². The van der Waals surface area contributed by atoms with Crippen LogP contribution >= 0.6 is 11.3 Å². The number of Topliss-reactive ketones (excluding diaryl/α,β-unsaturated/α-hetero) is 1. The summed E-state index contributed by atoms with van der Waals surface area (Å²) in [6.07, 6.45) is 1.45. The molecule has 4 heteroatoms. The summed E-state index contributed by atoms with van der Waals surface area (Å²) < 4.78 is 0. The van der Waals surface area contributed by atoms with Crippen molar-refractivity contribution in [3.63, 3.8) is 0 Å². The number of fused-ring (bicyclic) bond motifs is 1. The number of nitrogens with zero attached hydrogens (tertiary/aromatic N) is 1. The van der Waals surface area contributed by atoms with Crippen molar-refractivity contribution in [2.24, 2.45) is 0 Å².